The van der Waals surface area contributed by atoms with E-state index in [9.17, 15) is 14.9 Å². The number of nitro groups is 1. The summed E-state index contributed by atoms with van der Waals surface area (Å²) in [6.45, 7) is 0.613. The molecule has 9 nitrogen and oxygen atoms in total. The molecule has 158 valence electrons. The van der Waals surface area contributed by atoms with E-state index >= 15 is 0 Å². The molecule has 4 aromatic heterocycles. The number of carbonyl (C=O) groups excluding carboxylic acids is 1. The summed E-state index contributed by atoms with van der Waals surface area (Å²) in [5.41, 5.74) is 3.60. The highest BCUT2D eigenvalue weighted by atomic mass is 16.6. The minimum Gasteiger partial charge on any atom is -0.327 e. The lowest BCUT2D eigenvalue weighted by molar-refractivity contribution is -0.384. The van der Waals surface area contributed by atoms with Crippen molar-refractivity contribution in [2.75, 3.05) is 0 Å². The van der Waals surface area contributed by atoms with Crippen LogP contribution in [0.3, 0.4) is 0 Å². The van der Waals surface area contributed by atoms with Crippen LogP contribution in [0.4, 0.5) is 5.69 Å². The third-order valence-electron chi connectivity index (χ3n) is 5.31. The number of hydrogen-bond acceptors (Lipinski definition) is 5. The van der Waals surface area contributed by atoms with E-state index in [1.165, 1.54) is 24.3 Å². The Labute approximate surface area is 182 Å². The third kappa shape index (κ3) is 3.56. The summed E-state index contributed by atoms with van der Waals surface area (Å²) in [6.07, 6.45) is 7.31. The van der Waals surface area contributed by atoms with Crippen LogP contribution in [0, 0.1) is 10.1 Å². The van der Waals surface area contributed by atoms with Crippen molar-refractivity contribution in [3.8, 4) is 0 Å². The maximum Gasteiger partial charge on any atom is 0.269 e. The molecule has 1 amide bonds. The maximum absolute atomic E-state index is 13.4. The number of benzene rings is 1. The van der Waals surface area contributed by atoms with Gasteiger partial charge in [0.2, 0.25) is 0 Å². The van der Waals surface area contributed by atoms with Crippen molar-refractivity contribution in [2.45, 2.75) is 13.1 Å². The Morgan fingerprint density at radius 3 is 1.88 bits per heavy atom. The Balaban J connectivity index is 1.51. The molecule has 9 heteroatoms. The Hall–Kier alpha value is -4.53. The van der Waals surface area contributed by atoms with Gasteiger partial charge in [-0.25, -0.2) is 9.97 Å². The first kappa shape index (κ1) is 19.4. The standard InChI is InChI=1S/C23H18N6O3/c30-23(17-7-9-18(10-8-17)29(31)32)26(15-19-13-24-21-5-1-3-11-27(19)21)16-20-14-25-22-6-2-4-12-28(20)22/h1-14H,15-16H2. The van der Waals surface area contributed by atoms with Crippen LogP contribution in [-0.4, -0.2) is 34.5 Å². The molecule has 0 N–H and O–H groups in total. The van der Waals surface area contributed by atoms with Crippen molar-refractivity contribution in [2.24, 2.45) is 0 Å². The number of amides is 1. The van der Waals surface area contributed by atoms with Gasteiger partial charge in [0.25, 0.3) is 11.6 Å². The average Bonchev–Trinajstić information content (AvgIpc) is 3.43. The molecule has 32 heavy (non-hydrogen) atoms. The number of aromatic nitrogens is 4. The van der Waals surface area contributed by atoms with Crippen LogP contribution in [-0.2, 0) is 13.1 Å². The highest BCUT2D eigenvalue weighted by Crippen LogP contribution is 2.19. The van der Waals surface area contributed by atoms with E-state index in [2.05, 4.69) is 9.97 Å². The monoisotopic (exact) mass is 426 g/mol. The summed E-state index contributed by atoms with van der Waals surface area (Å²) in [4.78, 5) is 34.5. The van der Waals surface area contributed by atoms with Crippen molar-refractivity contribution >= 4 is 22.9 Å². The van der Waals surface area contributed by atoms with Gasteiger partial charge in [0.1, 0.15) is 11.3 Å². The van der Waals surface area contributed by atoms with Gasteiger partial charge in [-0.1, -0.05) is 12.1 Å². The molecular formula is C23H18N6O3. The average molecular weight is 426 g/mol. The zero-order valence-electron chi connectivity index (χ0n) is 16.9. The highest BCUT2D eigenvalue weighted by molar-refractivity contribution is 5.94. The van der Waals surface area contributed by atoms with Crippen LogP contribution in [0.25, 0.3) is 11.3 Å². The van der Waals surface area contributed by atoms with Crippen LogP contribution < -0.4 is 0 Å². The molecule has 5 aromatic rings. The number of carbonyl (C=O) groups is 1. The van der Waals surface area contributed by atoms with Gasteiger partial charge in [0.05, 0.1) is 41.8 Å². The van der Waals surface area contributed by atoms with Crippen molar-refractivity contribution in [3.05, 3.63) is 113 Å². The predicted molar refractivity (Wildman–Crippen MR) is 117 cm³/mol. The molecule has 0 saturated heterocycles. The lowest BCUT2D eigenvalue weighted by atomic mass is 10.1. The first-order valence-electron chi connectivity index (χ1n) is 9.96. The van der Waals surface area contributed by atoms with Gasteiger partial charge < -0.3 is 13.7 Å². The fourth-order valence-electron chi connectivity index (χ4n) is 3.70. The van der Waals surface area contributed by atoms with Crippen LogP contribution in [0.5, 0.6) is 0 Å². The molecule has 1 aromatic carbocycles. The topological polar surface area (TPSA) is 98.0 Å². The van der Waals surface area contributed by atoms with Gasteiger partial charge in [-0.3, -0.25) is 14.9 Å². The molecule has 0 unspecified atom stereocenters. The summed E-state index contributed by atoms with van der Waals surface area (Å²) >= 11 is 0. The molecule has 0 bridgehead atoms. The zero-order chi connectivity index (χ0) is 22.1. The Kier molecular flexibility index (Phi) is 4.83. The maximum atomic E-state index is 13.4. The van der Waals surface area contributed by atoms with E-state index in [0.29, 0.717) is 18.7 Å². The van der Waals surface area contributed by atoms with E-state index < -0.39 is 4.92 Å². The second kappa shape index (κ2) is 7.95. The summed E-state index contributed by atoms with van der Waals surface area (Å²) < 4.78 is 3.87. The quantitative estimate of drug-likeness (QED) is 0.304. The van der Waals surface area contributed by atoms with Gasteiger partial charge in [0.15, 0.2) is 0 Å². The SMILES string of the molecule is O=C(c1ccc([N+](=O)[O-])cc1)N(Cc1cnc2ccccn12)Cc1cnc2ccccn12. The summed E-state index contributed by atoms with van der Waals surface area (Å²) in [7, 11) is 0. The molecule has 0 fully saturated rings. The number of pyridine rings is 2. The Bertz CT molecular complexity index is 1360. The van der Waals surface area contributed by atoms with Gasteiger partial charge in [-0.05, 0) is 36.4 Å². The van der Waals surface area contributed by atoms with Crippen molar-refractivity contribution in [3.63, 3.8) is 0 Å². The van der Waals surface area contributed by atoms with Crippen LogP contribution in [0.15, 0.2) is 85.5 Å². The predicted octanol–water partition coefficient (Wildman–Crippen LogP) is 3.73. The molecule has 0 radical (unpaired) electrons. The summed E-state index contributed by atoms with van der Waals surface area (Å²) in [6, 6.07) is 17.1. The molecule has 4 heterocycles. The third-order valence-corrected chi connectivity index (χ3v) is 5.31. The minimum absolute atomic E-state index is 0.0586. The highest BCUT2D eigenvalue weighted by Gasteiger charge is 2.21. The molecule has 0 spiro atoms. The first-order chi connectivity index (χ1) is 15.6. The lowest BCUT2D eigenvalue weighted by Gasteiger charge is -2.22. The van der Waals surface area contributed by atoms with Crippen LogP contribution in [0.1, 0.15) is 21.7 Å². The lowest BCUT2D eigenvalue weighted by Crippen LogP contribution is -2.31. The Morgan fingerprint density at radius 2 is 1.38 bits per heavy atom. The van der Waals surface area contributed by atoms with E-state index in [0.717, 1.165) is 22.7 Å². The number of nitro benzene ring substituents is 1. The van der Waals surface area contributed by atoms with Gasteiger partial charge in [0, 0.05) is 30.1 Å². The van der Waals surface area contributed by atoms with Crippen LogP contribution >= 0.6 is 0 Å². The number of nitrogens with zero attached hydrogens (tertiary/aromatic N) is 6. The van der Waals surface area contributed by atoms with Crippen molar-refractivity contribution in [1.82, 2.24) is 23.7 Å². The smallest absolute Gasteiger partial charge is 0.269 e. The minimum atomic E-state index is -0.483. The summed E-state index contributed by atoms with van der Waals surface area (Å²) in [5.74, 6) is -0.239. The van der Waals surface area contributed by atoms with Gasteiger partial charge in [-0.15, -0.1) is 0 Å². The van der Waals surface area contributed by atoms with E-state index in [1.807, 2.05) is 57.6 Å². The number of rotatable bonds is 6. The van der Waals surface area contributed by atoms with Gasteiger partial charge in [-0.2, -0.15) is 0 Å². The van der Waals surface area contributed by atoms with E-state index in [-0.39, 0.29) is 11.6 Å². The van der Waals surface area contributed by atoms with Crippen molar-refractivity contribution < 1.29 is 9.72 Å². The summed E-state index contributed by atoms with van der Waals surface area (Å²) in [5, 5.41) is 11.0. The molecule has 5 rings (SSSR count). The van der Waals surface area contributed by atoms with Crippen molar-refractivity contribution in [1.29, 1.82) is 0 Å². The molecule has 0 atom stereocenters. The molecule has 0 aliphatic carbocycles. The number of non-ortho nitro benzene ring substituents is 1. The molecular weight excluding hydrogens is 408 g/mol. The second-order valence-corrected chi connectivity index (χ2v) is 7.32. The van der Waals surface area contributed by atoms with E-state index in [4.69, 9.17) is 0 Å². The number of fused-ring (bicyclic) bond motifs is 2. The zero-order valence-corrected chi connectivity index (χ0v) is 16.9. The number of imidazole rings is 2. The first-order valence-corrected chi connectivity index (χ1v) is 9.96. The fourth-order valence-corrected chi connectivity index (χ4v) is 3.70. The molecule has 0 aliphatic rings. The fraction of sp³-hybridized carbons (Fsp3) is 0.0870. The van der Waals surface area contributed by atoms with Gasteiger partial charge >= 0.3 is 0 Å². The van der Waals surface area contributed by atoms with E-state index in [1.54, 1.807) is 17.3 Å². The normalized spacial score (nSPS) is 11.1. The van der Waals surface area contributed by atoms with Crippen LogP contribution in [0.2, 0.25) is 0 Å². The molecule has 0 saturated carbocycles. The number of hydrogen-bond donors (Lipinski definition) is 0. The second-order valence-electron chi connectivity index (χ2n) is 7.32. The Morgan fingerprint density at radius 1 is 0.844 bits per heavy atom. The molecule has 0 aliphatic heterocycles. The largest absolute Gasteiger partial charge is 0.327 e.